The van der Waals surface area contributed by atoms with Gasteiger partial charge in [0, 0.05) is 14.5 Å². The van der Waals surface area contributed by atoms with Gasteiger partial charge in [-0.05, 0) is 68.3 Å². The van der Waals surface area contributed by atoms with Crippen molar-refractivity contribution in [1.82, 2.24) is 5.32 Å². The van der Waals surface area contributed by atoms with Crippen LogP contribution in [-0.4, -0.2) is 23.1 Å². The lowest BCUT2D eigenvalue weighted by Gasteiger charge is -2.18. The molecule has 6 nitrogen and oxygen atoms in total. The van der Waals surface area contributed by atoms with Gasteiger partial charge in [-0.2, -0.15) is 0 Å². The number of hydrogen-bond donors (Lipinski definition) is 4. The summed E-state index contributed by atoms with van der Waals surface area (Å²) in [6.45, 7) is 0. The standard InChI is InChI=1S/C16H15BrIN3O3/c17-10-7-9(5-6-11(10)18)8-14(21-16(23)24)15(22)20-13-4-2-1-3-12(13)19/h1-7,14,21H,8,19H2,(H,20,22)(H,23,24)/t14-/m0/s1. The van der Waals surface area contributed by atoms with Crippen molar-refractivity contribution in [3.63, 3.8) is 0 Å². The molecule has 0 aromatic heterocycles. The highest BCUT2D eigenvalue weighted by atomic mass is 127. The van der Waals surface area contributed by atoms with Crippen LogP contribution in [0.1, 0.15) is 5.56 Å². The van der Waals surface area contributed by atoms with Crippen molar-refractivity contribution in [3.8, 4) is 0 Å². The predicted octanol–water partition coefficient (Wildman–Crippen LogP) is 3.45. The van der Waals surface area contributed by atoms with Crippen LogP contribution < -0.4 is 16.4 Å². The Labute approximate surface area is 161 Å². The molecule has 0 saturated carbocycles. The molecule has 0 radical (unpaired) electrons. The predicted molar refractivity (Wildman–Crippen MR) is 105 cm³/mol. The van der Waals surface area contributed by atoms with Crippen molar-refractivity contribution < 1.29 is 14.7 Å². The Bertz CT molecular complexity index is 770. The fourth-order valence-corrected chi connectivity index (χ4v) is 2.85. The average Bonchev–Trinajstić information content (AvgIpc) is 2.52. The molecular weight excluding hydrogens is 489 g/mol. The van der Waals surface area contributed by atoms with Gasteiger partial charge < -0.3 is 21.5 Å². The Morgan fingerprint density at radius 2 is 1.96 bits per heavy atom. The molecule has 24 heavy (non-hydrogen) atoms. The number of nitrogens with one attached hydrogen (secondary N) is 2. The van der Waals surface area contributed by atoms with Crippen molar-refractivity contribution in [2.75, 3.05) is 11.1 Å². The number of carboxylic acid groups (broad SMARTS) is 1. The highest BCUT2D eigenvalue weighted by Crippen LogP contribution is 2.22. The number of carbonyl (C=O) groups excluding carboxylic acids is 1. The molecule has 0 aliphatic heterocycles. The summed E-state index contributed by atoms with van der Waals surface area (Å²) in [5.41, 5.74) is 7.49. The first-order chi connectivity index (χ1) is 11.4. The summed E-state index contributed by atoms with van der Waals surface area (Å²) in [6.07, 6.45) is -1.04. The number of nitrogens with two attached hydrogens (primary N) is 1. The van der Waals surface area contributed by atoms with Crippen LogP contribution in [0.3, 0.4) is 0 Å². The molecule has 0 fully saturated rings. The molecule has 0 heterocycles. The van der Waals surface area contributed by atoms with Gasteiger partial charge >= 0.3 is 6.09 Å². The van der Waals surface area contributed by atoms with Crippen LogP contribution in [0.5, 0.6) is 0 Å². The molecule has 2 aromatic carbocycles. The molecule has 0 unspecified atom stereocenters. The van der Waals surface area contributed by atoms with Crippen LogP contribution in [-0.2, 0) is 11.2 Å². The number of carbonyl (C=O) groups is 2. The molecule has 2 rings (SSSR count). The van der Waals surface area contributed by atoms with E-state index in [4.69, 9.17) is 10.8 Å². The van der Waals surface area contributed by atoms with E-state index in [2.05, 4.69) is 49.2 Å². The number of hydrogen-bond acceptors (Lipinski definition) is 3. The Morgan fingerprint density at radius 3 is 2.58 bits per heavy atom. The molecule has 1 atom stereocenters. The molecule has 2 amide bonds. The van der Waals surface area contributed by atoms with Crippen LogP contribution in [0.2, 0.25) is 0 Å². The minimum atomic E-state index is -1.26. The number of para-hydroxylation sites is 2. The third-order valence-corrected chi connectivity index (χ3v) is 5.59. The van der Waals surface area contributed by atoms with E-state index in [1.54, 1.807) is 24.3 Å². The highest BCUT2D eigenvalue weighted by Gasteiger charge is 2.22. The van der Waals surface area contributed by atoms with Crippen molar-refractivity contribution >= 4 is 61.9 Å². The summed E-state index contributed by atoms with van der Waals surface area (Å²) in [5.74, 6) is -0.468. The maximum absolute atomic E-state index is 12.5. The zero-order valence-corrected chi connectivity index (χ0v) is 16.2. The number of nitrogen functional groups attached to an aromatic ring is 1. The third-order valence-electron chi connectivity index (χ3n) is 3.26. The van der Waals surface area contributed by atoms with Gasteiger partial charge in [-0.15, -0.1) is 0 Å². The molecule has 2 aromatic rings. The summed E-state index contributed by atoms with van der Waals surface area (Å²) < 4.78 is 1.92. The molecule has 5 N–H and O–H groups in total. The van der Waals surface area contributed by atoms with Crippen molar-refractivity contribution in [2.24, 2.45) is 0 Å². The number of benzene rings is 2. The van der Waals surface area contributed by atoms with E-state index in [0.717, 1.165) is 13.6 Å². The van der Waals surface area contributed by atoms with Crippen molar-refractivity contribution in [2.45, 2.75) is 12.5 Å². The molecule has 0 bridgehead atoms. The molecule has 0 aliphatic carbocycles. The maximum atomic E-state index is 12.5. The van der Waals surface area contributed by atoms with E-state index in [9.17, 15) is 9.59 Å². The van der Waals surface area contributed by atoms with E-state index in [-0.39, 0.29) is 6.42 Å². The smallest absolute Gasteiger partial charge is 0.405 e. The zero-order valence-electron chi connectivity index (χ0n) is 12.4. The first-order valence-corrected chi connectivity index (χ1v) is 8.82. The molecule has 126 valence electrons. The maximum Gasteiger partial charge on any atom is 0.405 e. The van der Waals surface area contributed by atoms with Crippen molar-refractivity contribution in [3.05, 3.63) is 56.1 Å². The van der Waals surface area contributed by atoms with E-state index in [0.29, 0.717) is 11.4 Å². The number of amides is 2. The fourth-order valence-electron chi connectivity index (χ4n) is 2.09. The number of halogens is 2. The van der Waals surface area contributed by atoms with E-state index < -0.39 is 18.0 Å². The second kappa shape index (κ2) is 8.34. The van der Waals surface area contributed by atoms with Gasteiger partial charge in [-0.3, -0.25) is 4.79 Å². The minimum Gasteiger partial charge on any atom is -0.465 e. The Balaban J connectivity index is 2.17. The van der Waals surface area contributed by atoms with Gasteiger partial charge in [0.25, 0.3) is 0 Å². The van der Waals surface area contributed by atoms with Crippen LogP contribution in [0.15, 0.2) is 46.9 Å². The lowest BCUT2D eigenvalue weighted by Crippen LogP contribution is -2.44. The van der Waals surface area contributed by atoms with Gasteiger partial charge in [0.1, 0.15) is 6.04 Å². The first kappa shape index (κ1) is 18.5. The largest absolute Gasteiger partial charge is 0.465 e. The van der Waals surface area contributed by atoms with Gasteiger partial charge in [0.15, 0.2) is 0 Å². The average molecular weight is 504 g/mol. The summed E-state index contributed by atoms with van der Waals surface area (Å²) in [4.78, 5) is 23.5. The number of rotatable bonds is 5. The van der Waals surface area contributed by atoms with Gasteiger partial charge in [-0.25, -0.2) is 4.79 Å². The Hall–Kier alpha value is -1.81. The molecule has 0 aliphatic rings. The lowest BCUT2D eigenvalue weighted by atomic mass is 10.1. The van der Waals surface area contributed by atoms with Crippen molar-refractivity contribution in [1.29, 1.82) is 0 Å². The quantitative estimate of drug-likeness (QED) is 0.370. The fraction of sp³-hybridized carbons (Fsp3) is 0.125. The molecule has 0 saturated heterocycles. The molecule has 8 heteroatoms. The summed E-state index contributed by atoms with van der Waals surface area (Å²) in [7, 11) is 0. The normalized spacial score (nSPS) is 11.6. The van der Waals surface area contributed by atoms with Gasteiger partial charge in [-0.1, -0.05) is 18.2 Å². The lowest BCUT2D eigenvalue weighted by molar-refractivity contribution is -0.118. The minimum absolute atomic E-state index is 0.223. The summed E-state index contributed by atoms with van der Waals surface area (Å²) in [6, 6.07) is 11.5. The Kier molecular flexibility index (Phi) is 6.44. The highest BCUT2D eigenvalue weighted by molar-refractivity contribution is 14.1. The van der Waals surface area contributed by atoms with E-state index in [1.807, 2.05) is 18.2 Å². The SMILES string of the molecule is Nc1ccccc1NC(=O)[C@H](Cc1ccc(I)c(Br)c1)NC(=O)O. The topological polar surface area (TPSA) is 104 Å². The van der Waals surface area contributed by atoms with Crippen LogP contribution in [0.25, 0.3) is 0 Å². The zero-order chi connectivity index (χ0) is 17.7. The van der Waals surface area contributed by atoms with E-state index in [1.165, 1.54) is 0 Å². The van der Waals surface area contributed by atoms with Gasteiger partial charge in [0.05, 0.1) is 11.4 Å². The molecule has 0 spiro atoms. The Morgan fingerprint density at radius 1 is 1.25 bits per heavy atom. The summed E-state index contributed by atoms with van der Waals surface area (Å²) in [5, 5.41) is 13.9. The van der Waals surface area contributed by atoms with Gasteiger partial charge in [0.2, 0.25) is 5.91 Å². The molecular formula is C16H15BrIN3O3. The van der Waals surface area contributed by atoms with E-state index >= 15 is 0 Å². The summed E-state index contributed by atoms with van der Waals surface area (Å²) >= 11 is 5.60. The second-order valence-electron chi connectivity index (χ2n) is 5.03. The first-order valence-electron chi connectivity index (χ1n) is 6.95. The monoisotopic (exact) mass is 503 g/mol. The number of anilines is 2. The van der Waals surface area contributed by atoms with Crippen LogP contribution >= 0.6 is 38.5 Å². The van der Waals surface area contributed by atoms with Crippen LogP contribution in [0.4, 0.5) is 16.2 Å². The third kappa shape index (κ3) is 5.10. The van der Waals surface area contributed by atoms with Crippen LogP contribution in [0, 0.1) is 3.57 Å². The second-order valence-corrected chi connectivity index (χ2v) is 7.05.